The molecule has 0 aromatic carbocycles. The Labute approximate surface area is 177 Å². The van der Waals surface area contributed by atoms with Crippen LogP contribution in [0, 0.1) is 23.2 Å². The van der Waals surface area contributed by atoms with Gasteiger partial charge in [0.05, 0.1) is 0 Å². The zero-order chi connectivity index (χ0) is 20.1. The molecule has 2 amide bonds. The maximum absolute atomic E-state index is 12.8. The Morgan fingerprint density at radius 2 is 1.86 bits per heavy atom. The minimum absolute atomic E-state index is 0. The fourth-order valence-corrected chi connectivity index (χ4v) is 6.63. The van der Waals surface area contributed by atoms with Gasteiger partial charge in [-0.3, -0.25) is 4.98 Å². The molecule has 1 aromatic rings. The molecule has 4 bridgehead atoms. The Morgan fingerprint density at radius 3 is 2.48 bits per heavy atom. The van der Waals surface area contributed by atoms with Gasteiger partial charge in [-0.15, -0.1) is 0 Å². The van der Waals surface area contributed by atoms with E-state index in [0.717, 1.165) is 50.2 Å². The molecule has 4 aliphatic rings. The molecule has 1 aromatic heterocycles. The lowest BCUT2D eigenvalue weighted by Crippen LogP contribution is -2.48. The van der Waals surface area contributed by atoms with Crippen molar-refractivity contribution < 1.29 is 6.22 Å². The van der Waals surface area contributed by atoms with Gasteiger partial charge in [0.25, 0.3) is 0 Å². The van der Waals surface area contributed by atoms with Crippen molar-refractivity contribution in [1.82, 2.24) is 15.2 Å². The van der Waals surface area contributed by atoms with Gasteiger partial charge in [0, 0.05) is 33.5 Å². The van der Waals surface area contributed by atoms with Crippen LogP contribution in [0.2, 0.25) is 0 Å². The van der Waals surface area contributed by atoms with Gasteiger partial charge >= 0.3 is 6.03 Å². The molecule has 1 heterocycles. The Hall–Kier alpha value is -1.84. The lowest BCUT2D eigenvalue weighted by Gasteiger charge is -2.57. The van der Waals surface area contributed by atoms with Crippen molar-refractivity contribution in [3.05, 3.63) is 42.2 Å². The first kappa shape index (κ1) is 20.4. The van der Waals surface area contributed by atoms with Gasteiger partial charge in [-0.1, -0.05) is 12.2 Å². The molecule has 4 aliphatic carbocycles. The molecule has 0 spiro atoms. The number of pyridine rings is 1. The van der Waals surface area contributed by atoms with Crippen LogP contribution in [-0.4, -0.2) is 35.5 Å². The van der Waals surface area contributed by atoms with Crippen molar-refractivity contribution in [2.24, 2.45) is 23.2 Å². The van der Waals surface area contributed by atoms with E-state index in [2.05, 4.69) is 22.5 Å². The summed E-state index contributed by atoms with van der Waals surface area (Å²) >= 11 is 0. The van der Waals surface area contributed by atoms with Crippen molar-refractivity contribution in [1.29, 1.82) is 0 Å². The van der Waals surface area contributed by atoms with Crippen LogP contribution in [0.1, 0.15) is 65.3 Å². The first-order valence-electron chi connectivity index (χ1n) is 11.7. The number of carbonyl (C=O) groups is 1. The number of urea groups is 1. The molecule has 0 atom stereocenters. The topological polar surface area (TPSA) is 45.2 Å². The van der Waals surface area contributed by atoms with Gasteiger partial charge in [0.15, 0.2) is 0 Å². The van der Waals surface area contributed by atoms with Gasteiger partial charge < -0.3 is 10.2 Å². The van der Waals surface area contributed by atoms with E-state index in [9.17, 15) is 4.79 Å². The first-order valence-corrected chi connectivity index (χ1v) is 11.7. The number of nitrogens with one attached hydrogen (secondary N) is 1. The molecular weight excluding hydrogens is 358 g/mol. The highest BCUT2D eigenvalue weighted by Gasteiger charge is 2.50. The number of aromatic nitrogens is 1. The fourth-order valence-electron chi connectivity index (χ4n) is 6.63. The second-order valence-electron chi connectivity index (χ2n) is 9.87. The molecule has 4 heteroatoms. The molecule has 1 N–H and O–H groups in total. The lowest BCUT2D eigenvalue weighted by molar-refractivity contribution is -0.0593. The van der Waals surface area contributed by atoms with Crippen LogP contribution in [0.15, 0.2) is 36.7 Å². The zero-order valence-electron chi connectivity index (χ0n) is 18.0. The van der Waals surface area contributed by atoms with E-state index in [-0.39, 0.29) is 7.46 Å². The summed E-state index contributed by atoms with van der Waals surface area (Å²) in [7, 11) is 0. The molecule has 0 saturated heterocycles. The highest BCUT2D eigenvalue weighted by Crippen LogP contribution is 2.61. The van der Waals surface area contributed by atoms with E-state index >= 15 is 0 Å². The minimum Gasteiger partial charge on any atom is -0.338 e. The Bertz CT molecular complexity index is 670. The summed E-state index contributed by atoms with van der Waals surface area (Å²) in [5.74, 6) is 2.94. The third-order valence-electron chi connectivity index (χ3n) is 7.59. The monoisotopic (exact) mass is 397 g/mol. The van der Waals surface area contributed by atoms with Gasteiger partial charge in [0.2, 0.25) is 0 Å². The zero-order valence-corrected chi connectivity index (χ0v) is 18.0. The van der Waals surface area contributed by atoms with E-state index in [4.69, 9.17) is 0 Å². The SMILES string of the molecule is CC=CCN(CCC12CC3CC(CC(C3)C1)C2)C(=O)NCCCc1ccncc1.[HH]. The molecule has 5 rings (SSSR count). The standard InChI is InChI=1S/C25H37N3O.H2/c1-2-3-12-28(24(29)27-9-4-5-20-6-10-26-11-7-20)13-8-25-17-21-14-22(18-25)16-23(15-21)19-25;/h2-3,6-7,10-11,21-23H,4-5,8-9,12-19H2,1H3,(H,27,29);1H. The van der Waals surface area contributed by atoms with Crippen LogP contribution in [0.4, 0.5) is 4.79 Å². The molecule has 4 fully saturated rings. The van der Waals surface area contributed by atoms with Crippen LogP contribution < -0.4 is 5.32 Å². The third kappa shape index (κ3) is 5.21. The van der Waals surface area contributed by atoms with E-state index in [0.29, 0.717) is 5.41 Å². The van der Waals surface area contributed by atoms with E-state index < -0.39 is 0 Å². The molecule has 4 saturated carbocycles. The van der Waals surface area contributed by atoms with Crippen molar-refractivity contribution in [3.63, 3.8) is 0 Å². The van der Waals surface area contributed by atoms with Crippen molar-refractivity contribution in [2.75, 3.05) is 19.6 Å². The van der Waals surface area contributed by atoms with Gasteiger partial charge in [-0.05, 0) is 106 Å². The van der Waals surface area contributed by atoms with E-state index in [1.807, 2.05) is 36.4 Å². The summed E-state index contributed by atoms with van der Waals surface area (Å²) in [5.41, 5.74) is 1.81. The summed E-state index contributed by atoms with van der Waals surface area (Å²) in [4.78, 5) is 18.9. The number of nitrogens with zero attached hydrogens (tertiary/aromatic N) is 2. The number of hydrogen-bond acceptors (Lipinski definition) is 2. The Balaban J connectivity index is 0.00000256. The largest absolute Gasteiger partial charge is 0.338 e. The van der Waals surface area contributed by atoms with Crippen molar-refractivity contribution in [2.45, 2.75) is 64.7 Å². The van der Waals surface area contributed by atoms with Gasteiger partial charge in [-0.25, -0.2) is 4.79 Å². The minimum atomic E-state index is 0. The van der Waals surface area contributed by atoms with Crippen molar-refractivity contribution in [3.8, 4) is 0 Å². The molecular formula is C25H39N3O. The summed E-state index contributed by atoms with van der Waals surface area (Å²) in [6, 6.07) is 4.19. The van der Waals surface area contributed by atoms with Crippen LogP contribution in [0.25, 0.3) is 0 Å². The normalized spacial score (nSPS) is 30.0. The number of aryl methyl sites for hydroxylation is 1. The molecule has 0 radical (unpaired) electrons. The second-order valence-corrected chi connectivity index (χ2v) is 9.87. The molecule has 4 nitrogen and oxygen atoms in total. The number of hydrogen-bond donors (Lipinski definition) is 1. The smallest absolute Gasteiger partial charge is 0.317 e. The predicted molar refractivity (Wildman–Crippen MR) is 120 cm³/mol. The average molecular weight is 398 g/mol. The predicted octanol–water partition coefficient (Wildman–Crippen LogP) is 5.45. The van der Waals surface area contributed by atoms with Crippen LogP contribution >= 0.6 is 0 Å². The highest BCUT2D eigenvalue weighted by atomic mass is 16.2. The third-order valence-corrected chi connectivity index (χ3v) is 7.59. The van der Waals surface area contributed by atoms with Gasteiger partial charge in [0.1, 0.15) is 0 Å². The Morgan fingerprint density at radius 1 is 1.21 bits per heavy atom. The number of amides is 2. The molecule has 0 unspecified atom stereocenters. The van der Waals surface area contributed by atoms with Crippen LogP contribution in [0.5, 0.6) is 0 Å². The highest BCUT2D eigenvalue weighted by molar-refractivity contribution is 5.74. The fraction of sp³-hybridized carbons (Fsp3) is 0.680. The number of allylic oxidation sites excluding steroid dienone is 1. The van der Waals surface area contributed by atoms with Crippen molar-refractivity contribution >= 4 is 6.03 Å². The Kier molecular flexibility index (Phi) is 6.56. The van der Waals surface area contributed by atoms with E-state index in [1.165, 1.54) is 50.5 Å². The van der Waals surface area contributed by atoms with E-state index in [1.54, 1.807) is 0 Å². The summed E-state index contributed by atoms with van der Waals surface area (Å²) < 4.78 is 0. The quantitative estimate of drug-likeness (QED) is 0.444. The summed E-state index contributed by atoms with van der Waals surface area (Å²) in [5, 5.41) is 3.16. The van der Waals surface area contributed by atoms with Gasteiger partial charge in [-0.2, -0.15) is 0 Å². The maximum atomic E-state index is 12.8. The number of carbonyl (C=O) groups excluding carboxylic acids is 1. The summed E-state index contributed by atoms with van der Waals surface area (Å²) in [6.07, 6.45) is 19.7. The summed E-state index contributed by atoms with van der Waals surface area (Å²) in [6.45, 7) is 4.38. The van der Waals surface area contributed by atoms with Crippen LogP contribution in [0.3, 0.4) is 0 Å². The first-order chi connectivity index (χ1) is 14.2. The lowest BCUT2D eigenvalue weighted by atomic mass is 9.49. The molecule has 160 valence electrons. The average Bonchev–Trinajstić information content (AvgIpc) is 2.71. The second kappa shape index (κ2) is 9.32. The maximum Gasteiger partial charge on any atom is 0.317 e. The molecule has 0 aliphatic heterocycles. The number of rotatable bonds is 9. The van der Waals surface area contributed by atoms with Crippen LogP contribution in [-0.2, 0) is 6.42 Å². The molecule has 29 heavy (non-hydrogen) atoms.